The van der Waals surface area contributed by atoms with Crippen LogP contribution >= 0.6 is 23.2 Å². The van der Waals surface area contributed by atoms with Crippen LogP contribution in [0, 0.1) is 16.9 Å². The Labute approximate surface area is 226 Å². The van der Waals surface area contributed by atoms with Gasteiger partial charge in [-0.25, -0.2) is 9.37 Å². The van der Waals surface area contributed by atoms with Crippen molar-refractivity contribution in [2.24, 2.45) is 5.92 Å². The Bertz CT molecular complexity index is 1640. The minimum absolute atomic E-state index is 0.0788. The summed E-state index contributed by atoms with van der Waals surface area (Å²) in [6.07, 6.45) is 9.13. The first-order valence-corrected chi connectivity index (χ1v) is 12.6. The molecule has 10 nitrogen and oxygen atoms in total. The minimum Gasteiger partial charge on any atom is -0.618 e. The summed E-state index contributed by atoms with van der Waals surface area (Å²) < 4.78 is 19.1. The quantitative estimate of drug-likeness (QED) is 0.177. The Morgan fingerprint density at radius 3 is 2.68 bits per heavy atom. The summed E-state index contributed by atoms with van der Waals surface area (Å²) in [4.78, 5) is 4.11. The second-order valence-corrected chi connectivity index (χ2v) is 9.92. The molecule has 1 aliphatic carbocycles. The lowest BCUT2D eigenvalue weighted by Gasteiger charge is -2.18. The van der Waals surface area contributed by atoms with E-state index < -0.39 is 5.82 Å². The fraction of sp³-hybridized carbons (Fsp3) is 0.200. The van der Waals surface area contributed by atoms with Gasteiger partial charge in [0.1, 0.15) is 23.3 Å². The van der Waals surface area contributed by atoms with Crippen LogP contribution in [0.1, 0.15) is 31.0 Å². The number of halogens is 3. The van der Waals surface area contributed by atoms with E-state index in [1.54, 1.807) is 41.2 Å². The Balaban J connectivity index is 1.40. The Morgan fingerprint density at radius 1 is 1.13 bits per heavy atom. The van der Waals surface area contributed by atoms with Crippen molar-refractivity contribution < 1.29 is 9.12 Å². The van der Waals surface area contributed by atoms with Crippen LogP contribution in [0.25, 0.3) is 27.9 Å². The summed E-state index contributed by atoms with van der Waals surface area (Å²) >= 11 is 12.4. The molecule has 4 heterocycles. The highest BCUT2D eigenvalue weighted by Crippen LogP contribution is 2.40. The van der Waals surface area contributed by atoms with E-state index in [4.69, 9.17) is 28.9 Å². The molecule has 0 spiro atoms. The van der Waals surface area contributed by atoms with Crippen LogP contribution in [-0.2, 0) is 0 Å². The lowest BCUT2D eigenvalue weighted by Crippen LogP contribution is -2.35. The molecule has 0 amide bonds. The van der Waals surface area contributed by atoms with Gasteiger partial charge in [0.25, 0.3) is 0 Å². The lowest BCUT2D eigenvalue weighted by atomic mass is 10.0. The molecular formula is C25H20Cl2FN9O. The Kier molecular flexibility index (Phi) is 6.16. The molecule has 0 radical (unpaired) electrons. The summed E-state index contributed by atoms with van der Waals surface area (Å²) in [7, 11) is 0. The number of hydrogen-bond donors (Lipinski definition) is 1. The van der Waals surface area contributed by atoms with Gasteiger partial charge in [0.05, 0.1) is 28.0 Å². The van der Waals surface area contributed by atoms with Crippen LogP contribution in [0.2, 0.25) is 10.2 Å². The number of pyridine rings is 2. The highest BCUT2D eigenvalue weighted by atomic mass is 35.5. The number of anilines is 1. The highest BCUT2D eigenvalue weighted by Gasteiger charge is 2.32. The van der Waals surface area contributed by atoms with E-state index in [1.807, 2.05) is 6.20 Å². The monoisotopic (exact) mass is 551 g/mol. The molecule has 192 valence electrons. The van der Waals surface area contributed by atoms with Gasteiger partial charge in [0, 0.05) is 23.4 Å². The normalized spacial score (nSPS) is 14.1. The zero-order valence-corrected chi connectivity index (χ0v) is 21.3. The van der Waals surface area contributed by atoms with Gasteiger partial charge in [-0.15, -0.1) is 5.10 Å². The standard InChI is InChI=1S/C25H20Cl2FN9O/c26-18-5-7-20(36-13-30-33-34-36)23(24(18)28)15-3-6-19(37(38)12-15)21(9-14-1-2-14)35-11-16(10-31-35)17-4-8-22(29)32-25(17)27/h3-8,10-14,21H,1-2,9H2,(H2,29,32)/t21-/m0/s1. The van der Waals surface area contributed by atoms with E-state index in [2.05, 4.69) is 25.6 Å². The first kappa shape index (κ1) is 24.3. The molecule has 1 aromatic carbocycles. The molecule has 0 unspecified atom stereocenters. The maximum atomic E-state index is 15.2. The van der Waals surface area contributed by atoms with Gasteiger partial charge in [-0.05, 0) is 53.1 Å². The van der Waals surface area contributed by atoms with Crippen molar-refractivity contribution >= 4 is 29.0 Å². The molecule has 0 aliphatic heterocycles. The van der Waals surface area contributed by atoms with E-state index in [-0.39, 0.29) is 21.8 Å². The van der Waals surface area contributed by atoms with E-state index in [1.165, 1.54) is 23.3 Å². The van der Waals surface area contributed by atoms with Crippen LogP contribution in [0.15, 0.2) is 61.3 Å². The number of nitrogens with two attached hydrogens (primary N) is 1. The van der Waals surface area contributed by atoms with Crippen LogP contribution in [0.3, 0.4) is 0 Å². The molecule has 0 bridgehead atoms. The predicted molar refractivity (Wildman–Crippen MR) is 139 cm³/mol. The summed E-state index contributed by atoms with van der Waals surface area (Å²) in [5.74, 6) is 0.142. The minimum atomic E-state index is -0.673. The first-order valence-electron chi connectivity index (χ1n) is 11.8. The molecule has 1 atom stereocenters. The summed E-state index contributed by atoms with van der Waals surface area (Å²) in [5, 5.41) is 29.3. The largest absolute Gasteiger partial charge is 0.618 e. The average molecular weight is 552 g/mol. The van der Waals surface area contributed by atoms with Gasteiger partial charge in [0.2, 0.25) is 5.69 Å². The van der Waals surface area contributed by atoms with E-state index in [9.17, 15) is 5.21 Å². The summed E-state index contributed by atoms with van der Waals surface area (Å²) in [5.41, 5.74) is 8.45. The van der Waals surface area contributed by atoms with E-state index >= 15 is 4.39 Å². The van der Waals surface area contributed by atoms with Crippen molar-refractivity contribution in [1.29, 1.82) is 0 Å². The molecule has 6 rings (SSSR count). The van der Waals surface area contributed by atoms with Crippen molar-refractivity contribution in [3.63, 3.8) is 0 Å². The van der Waals surface area contributed by atoms with Crippen molar-refractivity contribution in [2.75, 3.05) is 5.73 Å². The van der Waals surface area contributed by atoms with Gasteiger partial charge in [-0.3, -0.25) is 4.68 Å². The second-order valence-electron chi connectivity index (χ2n) is 9.16. The molecule has 5 aromatic rings. The Morgan fingerprint density at radius 2 is 1.97 bits per heavy atom. The van der Waals surface area contributed by atoms with Crippen LogP contribution in [-0.4, -0.2) is 35.0 Å². The molecule has 4 aromatic heterocycles. The Hall–Kier alpha value is -4.09. The summed E-state index contributed by atoms with van der Waals surface area (Å²) in [6, 6.07) is 9.51. The van der Waals surface area contributed by atoms with Crippen molar-refractivity contribution in [1.82, 2.24) is 35.0 Å². The van der Waals surface area contributed by atoms with Crippen molar-refractivity contribution in [3.05, 3.63) is 88.2 Å². The number of tetrazole rings is 1. The van der Waals surface area contributed by atoms with Gasteiger partial charge in [-0.2, -0.15) is 14.5 Å². The number of benzene rings is 1. The third-order valence-electron chi connectivity index (χ3n) is 6.60. The first-order chi connectivity index (χ1) is 18.4. The van der Waals surface area contributed by atoms with Crippen molar-refractivity contribution in [2.45, 2.75) is 25.3 Å². The molecule has 1 saturated carbocycles. The van der Waals surface area contributed by atoms with Gasteiger partial charge < -0.3 is 10.9 Å². The number of hydrogen-bond acceptors (Lipinski definition) is 7. The highest BCUT2D eigenvalue weighted by molar-refractivity contribution is 6.32. The maximum absolute atomic E-state index is 15.2. The number of nitrogens with zero attached hydrogens (tertiary/aromatic N) is 8. The molecular weight excluding hydrogens is 532 g/mol. The smallest absolute Gasteiger partial charge is 0.217 e. The zero-order valence-electron chi connectivity index (χ0n) is 19.7. The van der Waals surface area contributed by atoms with Gasteiger partial charge in [-0.1, -0.05) is 36.0 Å². The third-order valence-corrected chi connectivity index (χ3v) is 7.18. The van der Waals surface area contributed by atoms with Gasteiger partial charge >= 0.3 is 0 Å². The maximum Gasteiger partial charge on any atom is 0.217 e. The number of rotatable bonds is 7. The van der Waals surface area contributed by atoms with Gasteiger partial charge in [0.15, 0.2) is 12.0 Å². The molecule has 2 N–H and O–H groups in total. The lowest BCUT2D eigenvalue weighted by molar-refractivity contribution is -0.615. The number of nitrogen functional groups attached to an aromatic ring is 1. The molecule has 1 aliphatic rings. The second kappa shape index (κ2) is 9.66. The van der Waals surface area contributed by atoms with Crippen LogP contribution < -0.4 is 10.5 Å². The van der Waals surface area contributed by atoms with E-state index in [0.717, 1.165) is 29.6 Å². The molecule has 38 heavy (non-hydrogen) atoms. The average Bonchev–Trinajstić information content (AvgIpc) is 3.33. The zero-order chi connectivity index (χ0) is 26.4. The van der Waals surface area contributed by atoms with E-state index in [0.29, 0.717) is 34.2 Å². The topological polar surface area (TPSA) is 127 Å². The molecule has 13 heteroatoms. The SMILES string of the molecule is Nc1ccc(-c2cnn([C@@H](CC3CC3)c3ccc(-c4c(-n5cnnn5)ccc(Cl)c4F)c[n+]3[O-])c2)c(Cl)n1. The van der Waals surface area contributed by atoms with Crippen molar-refractivity contribution in [3.8, 4) is 27.9 Å². The number of aromatic nitrogens is 8. The van der Waals surface area contributed by atoms with Crippen LogP contribution in [0.5, 0.6) is 0 Å². The summed E-state index contributed by atoms with van der Waals surface area (Å²) in [6.45, 7) is 0. The molecule has 1 fully saturated rings. The third kappa shape index (κ3) is 4.54. The van der Waals surface area contributed by atoms with Crippen LogP contribution in [0.4, 0.5) is 10.2 Å². The fourth-order valence-corrected chi connectivity index (χ4v) is 4.95. The predicted octanol–water partition coefficient (Wildman–Crippen LogP) is 4.64. The fourth-order valence-electron chi connectivity index (χ4n) is 4.52. The molecule has 0 saturated heterocycles.